The van der Waals surface area contributed by atoms with E-state index in [0.717, 1.165) is 12.0 Å². The molecule has 2 aliphatic heterocycles. The molecule has 3 heterocycles. The molecule has 2 saturated heterocycles. The van der Waals surface area contributed by atoms with Crippen LogP contribution < -0.4 is 10.2 Å². The largest absolute Gasteiger partial charge is 0.465 e. The third-order valence-corrected chi connectivity index (χ3v) is 6.03. The molecule has 4 rings (SSSR count). The van der Waals surface area contributed by atoms with E-state index in [4.69, 9.17) is 21.2 Å². The number of likely N-dealkylation sites (tertiary alicyclic amines) is 1. The number of carbonyl (C=O) groups excluding carboxylic acids is 1. The Morgan fingerprint density at radius 1 is 1.17 bits per heavy atom. The number of aromatic nitrogens is 2. The summed E-state index contributed by atoms with van der Waals surface area (Å²) in [6.07, 6.45) is 1.31. The molecule has 0 radical (unpaired) electrons. The number of carboxylic acid groups (broad SMARTS) is 1. The lowest BCUT2D eigenvalue weighted by atomic mass is 9.96. The number of anilines is 1. The van der Waals surface area contributed by atoms with Crippen LogP contribution in [-0.2, 0) is 4.79 Å². The van der Waals surface area contributed by atoms with E-state index >= 15 is 0 Å². The Hall–Kier alpha value is -2.81. The molecule has 0 bridgehead atoms. The van der Waals surface area contributed by atoms with Crippen LogP contribution in [0.3, 0.4) is 0 Å². The van der Waals surface area contributed by atoms with E-state index in [-0.39, 0.29) is 17.7 Å². The maximum atomic E-state index is 12.5. The molecule has 2 aliphatic rings. The molecule has 1 atom stereocenters. The van der Waals surface area contributed by atoms with Crippen molar-refractivity contribution in [2.24, 2.45) is 11.8 Å². The molecule has 9 nitrogen and oxygen atoms in total. The number of rotatable bonds is 5. The van der Waals surface area contributed by atoms with Gasteiger partial charge in [-0.05, 0) is 49.4 Å². The molecule has 2 N–H and O–H groups in total. The highest BCUT2D eigenvalue weighted by atomic mass is 35.5. The molecule has 30 heavy (non-hydrogen) atoms. The van der Waals surface area contributed by atoms with Gasteiger partial charge in [-0.2, -0.15) is 4.98 Å². The maximum absolute atomic E-state index is 12.5. The first-order chi connectivity index (χ1) is 14.5. The third kappa shape index (κ3) is 4.67. The van der Waals surface area contributed by atoms with Crippen LogP contribution in [0, 0.1) is 11.8 Å². The quantitative estimate of drug-likeness (QED) is 0.745. The van der Waals surface area contributed by atoms with Crippen LogP contribution in [0.1, 0.15) is 19.3 Å². The summed E-state index contributed by atoms with van der Waals surface area (Å²) in [6, 6.07) is 7.70. The van der Waals surface area contributed by atoms with Crippen molar-refractivity contribution in [1.29, 1.82) is 0 Å². The zero-order chi connectivity index (χ0) is 21.1. The number of nitrogens with one attached hydrogen (secondary N) is 1. The SMILES string of the molecule is O=C(NC[C@@H]1CCN(C(=O)O)C1)C1CCN(c2nc(-c3ccc(Cl)cc3)no2)CC1. The Morgan fingerprint density at radius 2 is 1.90 bits per heavy atom. The molecule has 160 valence electrons. The van der Waals surface area contributed by atoms with Gasteiger partial charge in [0.2, 0.25) is 11.7 Å². The summed E-state index contributed by atoms with van der Waals surface area (Å²) in [5.74, 6) is 0.677. The van der Waals surface area contributed by atoms with Crippen molar-refractivity contribution in [2.75, 3.05) is 37.6 Å². The van der Waals surface area contributed by atoms with Crippen LogP contribution >= 0.6 is 11.6 Å². The summed E-state index contributed by atoms with van der Waals surface area (Å²) in [5, 5.41) is 16.7. The van der Waals surface area contributed by atoms with E-state index in [1.807, 2.05) is 17.0 Å². The normalized spacial score (nSPS) is 19.8. The monoisotopic (exact) mass is 433 g/mol. The van der Waals surface area contributed by atoms with Crippen molar-refractivity contribution in [1.82, 2.24) is 20.4 Å². The van der Waals surface area contributed by atoms with Gasteiger partial charge in [0.05, 0.1) is 0 Å². The Morgan fingerprint density at radius 3 is 2.57 bits per heavy atom. The molecule has 2 fully saturated rings. The molecule has 1 aromatic carbocycles. The zero-order valence-electron chi connectivity index (χ0n) is 16.5. The summed E-state index contributed by atoms with van der Waals surface area (Å²) in [4.78, 5) is 31.4. The molecular formula is C20H24ClN5O4. The standard InChI is InChI=1S/C20H24ClN5O4/c21-16-3-1-14(2-4-16)17-23-19(30-24-17)25-9-6-15(7-10-25)18(27)22-11-13-5-8-26(12-13)20(28)29/h1-4,13,15H,5-12H2,(H,22,27)(H,28,29)/t13-/m0/s1. The van der Waals surface area contributed by atoms with Crippen LogP contribution in [0.4, 0.5) is 10.8 Å². The van der Waals surface area contributed by atoms with Gasteiger partial charge in [0.15, 0.2) is 0 Å². The molecule has 1 aromatic heterocycles. The number of nitrogens with zero attached hydrogens (tertiary/aromatic N) is 4. The van der Waals surface area contributed by atoms with Crippen LogP contribution in [0.2, 0.25) is 5.02 Å². The Labute approximate surface area is 179 Å². The number of hydrogen-bond acceptors (Lipinski definition) is 6. The average molecular weight is 434 g/mol. The topological polar surface area (TPSA) is 112 Å². The summed E-state index contributed by atoms with van der Waals surface area (Å²) < 4.78 is 5.41. The van der Waals surface area contributed by atoms with E-state index in [9.17, 15) is 9.59 Å². The van der Waals surface area contributed by atoms with Gasteiger partial charge in [0.25, 0.3) is 0 Å². The molecule has 2 aromatic rings. The van der Waals surface area contributed by atoms with Crippen LogP contribution in [0.5, 0.6) is 0 Å². The second-order valence-electron chi connectivity index (χ2n) is 7.80. The van der Waals surface area contributed by atoms with Gasteiger partial charge >= 0.3 is 12.1 Å². The van der Waals surface area contributed by atoms with Gasteiger partial charge in [-0.25, -0.2) is 4.79 Å². The first kappa shape index (κ1) is 20.5. The predicted molar refractivity (Wildman–Crippen MR) is 110 cm³/mol. The van der Waals surface area contributed by atoms with Gasteiger partial charge in [-0.3, -0.25) is 4.79 Å². The van der Waals surface area contributed by atoms with Crippen molar-refractivity contribution in [3.05, 3.63) is 29.3 Å². The van der Waals surface area contributed by atoms with Crippen molar-refractivity contribution >= 4 is 29.6 Å². The van der Waals surface area contributed by atoms with E-state index in [0.29, 0.717) is 62.4 Å². The lowest BCUT2D eigenvalue weighted by Crippen LogP contribution is -2.42. The van der Waals surface area contributed by atoms with Crippen LogP contribution in [-0.4, -0.2) is 64.9 Å². The Balaban J connectivity index is 1.24. The van der Waals surface area contributed by atoms with Gasteiger partial charge in [-0.15, -0.1) is 0 Å². The summed E-state index contributed by atoms with van der Waals surface area (Å²) in [6.45, 7) is 2.88. The summed E-state index contributed by atoms with van der Waals surface area (Å²) in [7, 11) is 0. The fraction of sp³-hybridized carbons (Fsp3) is 0.500. The number of halogens is 1. The fourth-order valence-electron chi connectivity index (χ4n) is 3.96. The number of piperidine rings is 1. The fourth-order valence-corrected chi connectivity index (χ4v) is 4.08. The highest BCUT2D eigenvalue weighted by molar-refractivity contribution is 6.30. The second kappa shape index (κ2) is 8.91. The molecule has 0 aliphatic carbocycles. The van der Waals surface area contributed by atoms with E-state index < -0.39 is 6.09 Å². The van der Waals surface area contributed by atoms with Crippen LogP contribution in [0.25, 0.3) is 11.4 Å². The maximum Gasteiger partial charge on any atom is 0.407 e. The summed E-state index contributed by atoms with van der Waals surface area (Å²) >= 11 is 5.91. The van der Waals surface area contributed by atoms with E-state index in [1.54, 1.807) is 12.1 Å². The minimum atomic E-state index is -0.892. The zero-order valence-corrected chi connectivity index (χ0v) is 17.2. The van der Waals surface area contributed by atoms with Crippen molar-refractivity contribution in [3.8, 4) is 11.4 Å². The highest BCUT2D eigenvalue weighted by Gasteiger charge is 2.30. The van der Waals surface area contributed by atoms with Gasteiger partial charge in [0.1, 0.15) is 0 Å². The molecular weight excluding hydrogens is 410 g/mol. The first-order valence-electron chi connectivity index (χ1n) is 10.1. The van der Waals surface area contributed by atoms with Crippen LogP contribution in [0.15, 0.2) is 28.8 Å². The van der Waals surface area contributed by atoms with Crippen molar-refractivity contribution in [3.63, 3.8) is 0 Å². The van der Waals surface area contributed by atoms with Gasteiger partial charge in [0, 0.05) is 49.2 Å². The number of amides is 2. The van der Waals surface area contributed by atoms with Gasteiger partial charge in [-0.1, -0.05) is 16.8 Å². The van der Waals surface area contributed by atoms with Crippen molar-refractivity contribution < 1.29 is 19.2 Å². The Kier molecular flexibility index (Phi) is 6.08. The van der Waals surface area contributed by atoms with E-state index in [2.05, 4.69) is 15.5 Å². The highest BCUT2D eigenvalue weighted by Crippen LogP contribution is 2.25. The minimum Gasteiger partial charge on any atom is -0.465 e. The molecule has 10 heteroatoms. The number of carbonyl (C=O) groups is 2. The minimum absolute atomic E-state index is 0.0378. The number of benzene rings is 1. The molecule has 0 spiro atoms. The van der Waals surface area contributed by atoms with Gasteiger partial charge < -0.3 is 24.7 Å². The van der Waals surface area contributed by atoms with E-state index in [1.165, 1.54) is 4.90 Å². The third-order valence-electron chi connectivity index (χ3n) is 5.78. The molecule has 2 amide bonds. The number of hydrogen-bond donors (Lipinski definition) is 2. The lowest BCUT2D eigenvalue weighted by Gasteiger charge is -2.30. The Bertz CT molecular complexity index is 895. The van der Waals surface area contributed by atoms with Crippen molar-refractivity contribution in [2.45, 2.75) is 19.3 Å². The second-order valence-corrected chi connectivity index (χ2v) is 8.23. The average Bonchev–Trinajstić information content (AvgIpc) is 3.43. The predicted octanol–water partition coefficient (Wildman–Crippen LogP) is 2.72. The summed E-state index contributed by atoms with van der Waals surface area (Å²) in [5.41, 5.74) is 0.831. The molecule has 0 saturated carbocycles. The lowest BCUT2D eigenvalue weighted by molar-refractivity contribution is -0.125. The molecule has 0 unspecified atom stereocenters. The smallest absolute Gasteiger partial charge is 0.407 e. The first-order valence-corrected chi connectivity index (χ1v) is 10.5.